The van der Waals surface area contributed by atoms with Crippen LogP contribution < -0.4 is 4.72 Å². The molecule has 1 heterocycles. The molecule has 0 spiro atoms. The van der Waals surface area contributed by atoms with Crippen LogP contribution in [0.1, 0.15) is 18.4 Å². The van der Waals surface area contributed by atoms with E-state index < -0.39 is 10.0 Å². The van der Waals surface area contributed by atoms with Crippen LogP contribution in [0.3, 0.4) is 0 Å². The number of hydrogen-bond donors (Lipinski definition) is 1. The van der Waals surface area contributed by atoms with Gasteiger partial charge in [0.15, 0.2) is 0 Å². The van der Waals surface area contributed by atoms with Crippen LogP contribution in [0, 0.1) is 5.92 Å². The highest BCUT2D eigenvalue weighted by Gasteiger charge is 2.24. The molecule has 0 saturated carbocycles. The molecule has 1 unspecified atom stereocenters. The lowest BCUT2D eigenvalue weighted by molar-refractivity contribution is -0.132. The zero-order valence-electron chi connectivity index (χ0n) is 15.6. The molecule has 0 radical (unpaired) electrons. The van der Waals surface area contributed by atoms with Crippen LogP contribution in [-0.4, -0.2) is 45.1 Å². The molecule has 1 aliphatic rings. The van der Waals surface area contributed by atoms with Gasteiger partial charge in [-0.15, -0.1) is 0 Å². The van der Waals surface area contributed by atoms with E-state index in [2.05, 4.69) is 16.9 Å². The lowest BCUT2D eigenvalue weighted by atomic mass is 9.97. The summed E-state index contributed by atoms with van der Waals surface area (Å²) in [5.74, 6) is 0.282. The van der Waals surface area contributed by atoms with Gasteiger partial charge < -0.3 is 4.90 Å². The molecule has 0 aliphatic carbocycles. The number of rotatable bonds is 6. The summed E-state index contributed by atoms with van der Waals surface area (Å²) in [7, 11) is -3.19. The second-order valence-corrected chi connectivity index (χ2v) is 9.04. The molecule has 1 aliphatic heterocycles. The summed E-state index contributed by atoms with van der Waals surface area (Å²) in [6.45, 7) is 1.76. The quantitative estimate of drug-likeness (QED) is 0.830. The molecule has 3 rings (SSSR count). The number of hydrogen-bond acceptors (Lipinski definition) is 3. The molecule has 0 aromatic heterocycles. The average molecular weight is 387 g/mol. The molecular formula is C21H26N2O3S. The van der Waals surface area contributed by atoms with Gasteiger partial charge in [-0.2, -0.15) is 0 Å². The van der Waals surface area contributed by atoms with Gasteiger partial charge in [0.05, 0.1) is 12.7 Å². The number of nitrogens with one attached hydrogen (secondary N) is 1. The number of carbonyl (C=O) groups excluding carboxylic acids is 1. The Balaban J connectivity index is 1.56. The monoisotopic (exact) mass is 386 g/mol. The minimum Gasteiger partial charge on any atom is -0.342 e. The zero-order chi connectivity index (χ0) is 19.3. The summed E-state index contributed by atoms with van der Waals surface area (Å²) in [6, 6.07) is 18.3. The molecule has 5 nitrogen and oxygen atoms in total. The number of nitrogens with zero attached hydrogens (tertiary/aromatic N) is 1. The van der Waals surface area contributed by atoms with E-state index in [1.807, 2.05) is 47.4 Å². The molecular weight excluding hydrogens is 360 g/mol. The first-order valence-corrected chi connectivity index (χ1v) is 11.2. The second kappa shape index (κ2) is 8.67. The number of sulfonamides is 1. The topological polar surface area (TPSA) is 66.5 Å². The van der Waals surface area contributed by atoms with Gasteiger partial charge in [-0.05, 0) is 35.4 Å². The van der Waals surface area contributed by atoms with E-state index in [0.29, 0.717) is 19.5 Å². The molecule has 1 saturated heterocycles. The van der Waals surface area contributed by atoms with Gasteiger partial charge in [0.2, 0.25) is 15.9 Å². The predicted octanol–water partition coefficient (Wildman–Crippen LogP) is 2.68. The fraction of sp³-hybridized carbons (Fsp3) is 0.381. The molecule has 2 aromatic carbocycles. The van der Waals surface area contributed by atoms with E-state index in [4.69, 9.17) is 0 Å². The summed E-state index contributed by atoms with van der Waals surface area (Å²) in [5.41, 5.74) is 3.29. The first kappa shape index (κ1) is 19.6. The van der Waals surface area contributed by atoms with Crippen LogP contribution in [0.4, 0.5) is 0 Å². The number of piperidine rings is 1. The van der Waals surface area contributed by atoms with Crippen LogP contribution in [0.5, 0.6) is 0 Å². The lowest BCUT2D eigenvalue weighted by Gasteiger charge is -2.33. The van der Waals surface area contributed by atoms with Crippen molar-refractivity contribution in [2.75, 3.05) is 25.9 Å². The first-order chi connectivity index (χ1) is 12.9. The zero-order valence-corrected chi connectivity index (χ0v) is 16.4. The van der Waals surface area contributed by atoms with E-state index >= 15 is 0 Å². The minimum atomic E-state index is -3.19. The van der Waals surface area contributed by atoms with Crippen molar-refractivity contribution in [3.05, 3.63) is 60.2 Å². The van der Waals surface area contributed by atoms with E-state index in [0.717, 1.165) is 42.3 Å². The molecule has 2 aromatic rings. The van der Waals surface area contributed by atoms with Crippen molar-refractivity contribution in [1.29, 1.82) is 0 Å². The van der Waals surface area contributed by atoms with Crippen LogP contribution in [0.2, 0.25) is 0 Å². The standard InChI is InChI=1S/C21H26N2O3S/c1-27(25,26)22-15-18-6-5-13-23(16-18)21(24)14-17-9-11-20(12-10-17)19-7-3-2-4-8-19/h2-4,7-12,18,22H,5-6,13-16H2,1H3. The Hall–Kier alpha value is -2.18. The van der Waals surface area contributed by atoms with Crippen LogP contribution in [-0.2, 0) is 21.2 Å². The third-order valence-corrected chi connectivity index (χ3v) is 5.61. The Morgan fingerprint density at radius 2 is 1.74 bits per heavy atom. The normalized spacial score (nSPS) is 17.7. The van der Waals surface area contributed by atoms with Crippen molar-refractivity contribution in [3.8, 4) is 11.1 Å². The molecule has 1 fully saturated rings. The molecule has 6 heteroatoms. The number of amides is 1. The van der Waals surface area contributed by atoms with Gasteiger partial charge in [0.1, 0.15) is 0 Å². The molecule has 1 amide bonds. The third-order valence-electron chi connectivity index (χ3n) is 4.92. The second-order valence-electron chi connectivity index (χ2n) is 7.21. The molecule has 1 N–H and O–H groups in total. The van der Waals surface area contributed by atoms with Crippen LogP contribution in [0.15, 0.2) is 54.6 Å². The van der Waals surface area contributed by atoms with Crippen molar-refractivity contribution in [1.82, 2.24) is 9.62 Å². The van der Waals surface area contributed by atoms with Crippen molar-refractivity contribution in [3.63, 3.8) is 0 Å². The number of benzene rings is 2. The summed E-state index contributed by atoms with van der Waals surface area (Å²) < 4.78 is 25.1. The van der Waals surface area contributed by atoms with Gasteiger partial charge in [-0.1, -0.05) is 54.6 Å². The highest BCUT2D eigenvalue weighted by molar-refractivity contribution is 7.88. The fourth-order valence-electron chi connectivity index (χ4n) is 3.46. The number of carbonyl (C=O) groups is 1. The van der Waals surface area contributed by atoms with Crippen molar-refractivity contribution < 1.29 is 13.2 Å². The van der Waals surface area contributed by atoms with Gasteiger partial charge in [-0.3, -0.25) is 4.79 Å². The van der Waals surface area contributed by atoms with Crippen molar-refractivity contribution in [2.45, 2.75) is 19.3 Å². The summed E-state index contributed by atoms with van der Waals surface area (Å²) in [4.78, 5) is 14.5. The molecule has 0 bridgehead atoms. The first-order valence-electron chi connectivity index (χ1n) is 9.27. The van der Waals surface area contributed by atoms with Crippen LogP contribution >= 0.6 is 0 Å². The largest absolute Gasteiger partial charge is 0.342 e. The Morgan fingerprint density at radius 3 is 2.41 bits per heavy atom. The van der Waals surface area contributed by atoms with E-state index in [1.165, 1.54) is 0 Å². The highest BCUT2D eigenvalue weighted by atomic mass is 32.2. The Labute approximate surface area is 161 Å². The SMILES string of the molecule is CS(=O)(=O)NCC1CCCN(C(=O)Cc2ccc(-c3ccccc3)cc2)C1. The third kappa shape index (κ3) is 5.91. The van der Waals surface area contributed by atoms with Gasteiger partial charge >= 0.3 is 0 Å². The number of likely N-dealkylation sites (tertiary alicyclic amines) is 1. The summed E-state index contributed by atoms with van der Waals surface area (Å²) in [6.07, 6.45) is 3.39. The van der Waals surface area contributed by atoms with E-state index in [-0.39, 0.29) is 11.8 Å². The maximum absolute atomic E-state index is 12.7. The highest BCUT2D eigenvalue weighted by Crippen LogP contribution is 2.21. The minimum absolute atomic E-state index is 0.103. The van der Waals surface area contributed by atoms with Crippen LogP contribution in [0.25, 0.3) is 11.1 Å². The van der Waals surface area contributed by atoms with Crippen molar-refractivity contribution in [2.24, 2.45) is 5.92 Å². The molecule has 27 heavy (non-hydrogen) atoms. The Kier molecular flexibility index (Phi) is 6.29. The predicted molar refractivity (Wildman–Crippen MR) is 108 cm³/mol. The Morgan fingerprint density at radius 1 is 1.07 bits per heavy atom. The summed E-state index contributed by atoms with van der Waals surface area (Å²) in [5, 5.41) is 0. The maximum Gasteiger partial charge on any atom is 0.226 e. The van der Waals surface area contributed by atoms with Gasteiger partial charge in [0, 0.05) is 19.6 Å². The van der Waals surface area contributed by atoms with Crippen molar-refractivity contribution >= 4 is 15.9 Å². The smallest absolute Gasteiger partial charge is 0.226 e. The van der Waals surface area contributed by atoms with Gasteiger partial charge in [0.25, 0.3) is 0 Å². The molecule has 144 valence electrons. The average Bonchev–Trinajstić information content (AvgIpc) is 2.67. The Bertz CT molecular complexity index is 864. The van der Waals surface area contributed by atoms with E-state index in [9.17, 15) is 13.2 Å². The summed E-state index contributed by atoms with van der Waals surface area (Å²) >= 11 is 0. The lowest BCUT2D eigenvalue weighted by Crippen LogP contribution is -2.44. The van der Waals surface area contributed by atoms with E-state index in [1.54, 1.807) is 0 Å². The fourth-order valence-corrected chi connectivity index (χ4v) is 4.00. The van der Waals surface area contributed by atoms with Gasteiger partial charge in [-0.25, -0.2) is 13.1 Å². The molecule has 1 atom stereocenters. The maximum atomic E-state index is 12.7.